The summed E-state index contributed by atoms with van der Waals surface area (Å²) in [6, 6.07) is 3.67. The highest BCUT2D eigenvalue weighted by Crippen LogP contribution is 2.42. The molecule has 0 aromatic carbocycles. The van der Waals surface area contributed by atoms with Crippen LogP contribution < -0.4 is 0 Å². The Morgan fingerprint density at radius 3 is 2.93 bits per heavy atom. The van der Waals surface area contributed by atoms with Crippen molar-refractivity contribution in [3.63, 3.8) is 0 Å². The molecule has 0 N–H and O–H groups in total. The Labute approximate surface area is 174 Å². The molecule has 0 saturated carbocycles. The van der Waals surface area contributed by atoms with E-state index in [1.807, 2.05) is 29.3 Å². The van der Waals surface area contributed by atoms with Gasteiger partial charge in [-0.25, -0.2) is 9.78 Å². The molecule has 2 aromatic rings. The number of ether oxygens (including phenoxy) is 1. The standard InChI is InChI=1S/C20H25N5O3S/c1-14-22-16(12-29-14)10-24-7-8-28-20(18(24)26)13-25(19(27)23(2)3)11-17(20)15-5-4-6-21-9-15/h4-6,9,12,17H,7-8,10-11,13H2,1-3H3/t17-,20+/m0/s1. The summed E-state index contributed by atoms with van der Waals surface area (Å²) in [6.07, 6.45) is 3.46. The Hall–Kier alpha value is -2.52. The number of hydrogen-bond acceptors (Lipinski definition) is 6. The molecule has 3 amide bonds. The van der Waals surface area contributed by atoms with E-state index in [4.69, 9.17) is 4.74 Å². The van der Waals surface area contributed by atoms with Crippen molar-refractivity contribution in [2.24, 2.45) is 0 Å². The van der Waals surface area contributed by atoms with Crippen LogP contribution in [-0.2, 0) is 16.1 Å². The number of nitrogens with zero attached hydrogens (tertiary/aromatic N) is 5. The zero-order valence-corrected chi connectivity index (χ0v) is 17.7. The molecule has 0 unspecified atom stereocenters. The van der Waals surface area contributed by atoms with Gasteiger partial charge in [-0.2, -0.15) is 0 Å². The van der Waals surface area contributed by atoms with Gasteiger partial charge in [0, 0.05) is 50.9 Å². The molecule has 0 bridgehead atoms. The summed E-state index contributed by atoms with van der Waals surface area (Å²) in [7, 11) is 3.43. The average Bonchev–Trinajstić information content (AvgIpc) is 3.30. The summed E-state index contributed by atoms with van der Waals surface area (Å²) in [5, 5.41) is 2.96. The number of pyridine rings is 1. The molecule has 0 radical (unpaired) electrons. The molecule has 2 atom stereocenters. The van der Waals surface area contributed by atoms with Crippen LogP contribution in [0.3, 0.4) is 0 Å². The SMILES string of the molecule is Cc1nc(CN2CCO[C@@]3(CN(C(=O)N(C)C)C[C@H]3c3cccnc3)C2=O)cs1. The summed E-state index contributed by atoms with van der Waals surface area (Å²) in [5.74, 6) is -0.357. The van der Waals surface area contributed by atoms with Crippen LogP contribution in [0.5, 0.6) is 0 Å². The van der Waals surface area contributed by atoms with Crippen LogP contribution in [-0.4, -0.2) is 82.5 Å². The normalized spacial score (nSPS) is 24.4. The van der Waals surface area contributed by atoms with Crippen molar-refractivity contribution >= 4 is 23.3 Å². The summed E-state index contributed by atoms with van der Waals surface area (Å²) in [4.78, 5) is 40.1. The molecule has 29 heavy (non-hydrogen) atoms. The summed E-state index contributed by atoms with van der Waals surface area (Å²) in [5.41, 5.74) is 0.689. The monoisotopic (exact) mass is 415 g/mol. The molecule has 8 nitrogen and oxygen atoms in total. The zero-order chi connectivity index (χ0) is 20.6. The minimum Gasteiger partial charge on any atom is -0.361 e. The molecule has 4 rings (SSSR count). The third-order valence-electron chi connectivity index (χ3n) is 5.52. The second-order valence-corrected chi connectivity index (χ2v) is 8.78. The first-order valence-electron chi connectivity index (χ1n) is 9.61. The number of aryl methyl sites for hydroxylation is 1. The van der Waals surface area contributed by atoms with Crippen LogP contribution in [0.25, 0.3) is 0 Å². The Morgan fingerprint density at radius 2 is 2.28 bits per heavy atom. The van der Waals surface area contributed by atoms with Crippen molar-refractivity contribution < 1.29 is 14.3 Å². The predicted molar refractivity (Wildman–Crippen MR) is 109 cm³/mol. The molecular weight excluding hydrogens is 390 g/mol. The van der Waals surface area contributed by atoms with Crippen molar-refractivity contribution in [3.05, 3.63) is 46.2 Å². The van der Waals surface area contributed by atoms with Crippen LogP contribution in [0, 0.1) is 6.92 Å². The number of amides is 3. The zero-order valence-electron chi connectivity index (χ0n) is 16.9. The molecule has 0 aliphatic carbocycles. The van der Waals surface area contributed by atoms with Crippen molar-refractivity contribution in [3.8, 4) is 0 Å². The third-order valence-corrected chi connectivity index (χ3v) is 6.34. The lowest BCUT2D eigenvalue weighted by Crippen LogP contribution is -2.60. The Balaban J connectivity index is 1.67. The van der Waals surface area contributed by atoms with Gasteiger partial charge in [0.15, 0.2) is 5.60 Å². The van der Waals surface area contributed by atoms with Gasteiger partial charge in [0.05, 0.1) is 30.4 Å². The van der Waals surface area contributed by atoms with E-state index in [-0.39, 0.29) is 24.4 Å². The maximum Gasteiger partial charge on any atom is 0.319 e. The number of thiazole rings is 1. The second kappa shape index (κ2) is 7.72. The third kappa shape index (κ3) is 3.60. The number of carbonyl (C=O) groups excluding carboxylic acids is 2. The largest absolute Gasteiger partial charge is 0.361 e. The minimum atomic E-state index is -1.10. The van der Waals surface area contributed by atoms with Crippen LogP contribution in [0.1, 0.15) is 22.2 Å². The first-order chi connectivity index (χ1) is 13.9. The van der Waals surface area contributed by atoms with Crippen molar-refractivity contribution in [1.29, 1.82) is 0 Å². The van der Waals surface area contributed by atoms with E-state index < -0.39 is 5.60 Å². The van der Waals surface area contributed by atoms with E-state index >= 15 is 0 Å². The van der Waals surface area contributed by atoms with Gasteiger partial charge in [-0.1, -0.05) is 6.07 Å². The fourth-order valence-electron chi connectivity index (χ4n) is 4.17. The van der Waals surface area contributed by atoms with E-state index in [2.05, 4.69) is 9.97 Å². The van der Waals surface area contributed by atoms with E-state index in [0.717, 1.165) is 16.3 Å². The Morgan fingerprint density at radius 1 is 1.45 bits per heavy atom. The highest BCUT2D eigenvalue weighted by Gasteiger charge is 2.58. The van der Waals surface area contributed by atoms with E-state index in [0.29, 0.717) is 26.2 Å². The van der Waals surface area contributed by atoms with Crippen LogP contribution in [0.2, 0.25) is 0 Å². The number of aromatic nitrogens is 2. The number of carbonyl (C=O) groups is 2. The number of rotatable bonds is 3. The summed E-state index contributed by atoms with van der Waals surface area (Å²) in [6.45, 7) is 3.99. The van der Waals surface area contributed by atoms with Crippen LogP contribution in [0.4, 0.5) is 4.79 Å². The van der Waals surface area contributed by atoms with Crippen LogP contribution >= 0.6 is 11.3 Å². The fourth-order valence-corrected chi connectivity index (χ4v) is 4.77. The van der Waals surface area contributed by atoms with Gasteiger partial charge >= 0.3 is 6.03 Å². The quantitative estimate of drug-likeness (QED) is 0.763. The fraction of sp³-hybridized carbons (Fsp3) is 0.500. The van der Waals surface area contributed by atoms with E-state index in [1.54, 1.807) is 42.7 Å². The van der Waals surface area contributed by atoms with Gasteiger partial charge < -0.3 is 19.4 Å². The summed E-state index contributed by atoms with van der Waals surface area (Å²) < 4.78 is 6.19. The molecule has 154 valence electrons. The van der Waals surface area contributed by atoms with Gasteiger partial charge in [0.25, 0.3) is 5.91 Å². The second-order valence-electron chi connectivity index (χ2n) is 7.72. The number of likely N-dealkylation sites (tertiary alicyclic amines) is 1. The maximum atomic E-state index is 13.7. The topological polar surface area (TPSA) is 78.9 Å². The number of hydrogen-bond donors (Lipinski definition) is 0. The van der Waals surface area contributed by atoms with Gasteiger partial charge in [-0.15, -0.1) is 11.3 Å². The molecule has 4 heterocycles. The van der Waals surface area contributed by atoms with E-state index in [1.165, 1.54) is 4.90 Å². The van der Waals surface area contributed by atoms with Crippen molar-refractivity contribution in [2.75, 3.05) is 40.3 Å². The first kappa shape index (κ1) is 19.8. The van der Waals surface area contributed by atoms with Crippen molar-refractivity contribution in [2.45, 2.75) is 25.0 Å². The van der Waals surface area contributed by atoms with Gasteiger partial charge in [0.2, 0.25) is 0 Å². The molecule has 2 fully saturated rings. The molecule has 9 heteroatoms. The predicted octanol–water partition coefficient (Wildman–Crippen LogP) is 1.73. The molecule has 2 aliphatic rings. The molecule has 2 aromatic heterocycles. The lowest BCUT2D eigenvalue weighted by molar-refractivity contribution is -0.172. The highest BCUT2D eigenvalue weighted by molar-refractivity contribution is 7.09. The highest BCUT2D eigenvalue weighted by atomic mass is 32.1. The Bertz CT molecular complexity index is 903. The van der Waals surface area contributed by atoms with Gasteiger partial charge in [-0.3, -0.25) is 9.78 Å². The van der Waals surface area contributed by atoms with Gasteiger partial charge in [-0.05, 0) is 18.6 Å². The first-order valence-corrected chi connectivity index (χ1v) is 10.5. The molecule has 2 saturated heterocycles. The smallest absolute Gasteiger partial charge is 0.319 e. The molecular formula is C20H25N5O3S. The van der Waals surface area contributed by atoms with Crippen LogP contribution in [0.15, 0.2) is 29.9 Å². The summed E-state index contributed by atoms with van der Waals surface area (Å²) >= 11 is 1.58. The average molecular weight is 416 g/mol. The molecule has 1 spiro atoms. The lowest BCUT2D eigenvalue weighted by Gasteiger charge is -2.42. The minimum absolute atomic E-state index is 0.0858. The maximum absolute atomic E-state index is 13.7. The number of morpholine rings is 1. The molecule has 2 aliphatic heterocycles. The number of urea groups is 1. The lowest BCUT2D eigenvalue weighted by atomic mass is 9.83. The van der Waals surface area contributed by atoms with E-state index in [9.17, 15) is 9.59 Å². The van der Waals surface area contributed by atoms with Gasteiger partial charge in [0.1, 0.15) is 0 Å². The van der Waals surface area contributed by atoms with Crippen molar-refractivity contribution in [1.82, 2.24) is 24.7 Å². The Kier molecular flexibility index (Phi) is 5.26.